The molecule has 120 valence electrons. The summed E-state index contributed by atoms with van der Waals surface area (Å²) in [4.78, 5) is 17.0. The second kappa shape index (κ2) is 5.08. The first-order valence-corrected chi connectivity index (χ1v) is 8.08. The zero-order valence-corrected chi connectivity index (χ0v) is 13.2. The van der Waals surface area contributed by atoms with Gasteiger partial charge in [-0.2, -0.15) is 5.10 Å². The normalized spacial score (nSPS) is 28.4. The molecule has 3 atom stereocenters. The molecule has 2 bridgehead atoms. The number of pyridine rings is 1. The van der Waals surface area contributed by atoms with Crippen LogP contribution in [0.2, 0.25) is 0 Å². The average Bonchev–Trinajstić information content (AvgIpc) is 3.19. The van der Waals surface area contributed by atoms with Crippen LogP contribution in [0.3, 0.4) is 0 Å². The second-order valence-corrected chi connectivity index (χ2v) is 6.75. The van der Waals surface area contributed by atoms with Crippen molar-refractivity contribution < 1.29 is 4.79 Å². The molecule has 6 nitrogen and oxygen atoms in total. The Bertz CT molecular complexity index is 751. The molecule has 0 saturated heterocycles. The second-order valence-electron chi connectivity index (χ2n) is 6.75. The number of hydrogen-bond donors (Lipinski definition) is 2. The molecular formula is C17H21N5O. The van der Waals surface area contributed by atoms with E-state index >= 15 is 0 Å². The smallest absolute Gasteiger partial charge is 0.224 e. The van der Waals surface area contributed by atoms with E-state index in [0.717, 1.165) is 25.0 Å². The first-order valence-electron chi connectivity index (χ1n) is 8.08. The Hall–Kier alpha value is -2.37. The van der Waals surface area contributed by atoms with E-state index in [0.29, 0.717) is 18.3 Å². The standard InChI is InChI=1S/C17H21N5O/c1-22-13(6-8-20-22)17-7-5-11(9-17)15(17)16(23)19-10-12-3-2-4-14(18)21-12/h2-4,6,8,11,15H,5,7,9-10H2,1H3,(H2,18,21)(H,19,23). The maximum atomic E-state index is 12.8. The van der Waals surface area contributed by atoms with Crippen molar-refractivity contribution in [2.75, 3.05) is 5.73 Å². The van der Waals surface area contributed by atoms with Gasteiger partial charge in [-0.25, -0.2) is 4.98 Å². The van der Waals surface area contributed by atoms with Crippen LogP contribution in [-0.2, 0) is 23.8 Å². The van der Waals surface area contributed by atoms with Gasteiger partial charge in [0.1, 0.15) is 5.82 Å². The molecule has 2 aromatic rings. The molecule has 3 fully saturated rings. The highest BCUT2D eigenvalue weighted by Crippen LogP contribution is 2.63. The van der Waals surface area contributed by atoms with Crippen LogP contribution in [0.4, 0.5) is 5.82 Å². The Labute approximate surface area is 135 Å². The summed E-state index contributed by atoms with van der Waals surface area (Å²) in [6.45, 7) is 0.425. The molecule has 3 saturated carbocycles. The number of nitrogens with one attached hydrogen (secondary N) is 1. The van der Waals surface area contributed by atoms with Gasteiger partial charge in [0.25, 0.3) is 0 Å². The summed E-state index contributed by atoms with van der Waals surface area (Å²) >= 11 is 0. The molecule has 1 amide bonds. The number of hydrogen-bond acceptors (Lipinski definition) is 4. The Balaban J connectivity index is 1.50. The molecule has 23 heavy (non-hydrogen) atoms. The fourth-order valence-electron chi connectivity index (χ4n) is 4.58. The van der Waals surface area contributed by atoms with Crippen molar-refractivity contribution in [2.45, 2.75) is 31.2 Å². The highest BCUT2D eigenvalue weighted by Gasteiger charge is 2.63. The van der Waals surface area contributed by atoms with E-state index in [9.17, 15) is 4.79 Å². The number of carbonyl (C=O) groups is 1. The van der Waals surface area contributed by atoms with Gasteiger partial charge in [0.15, 0.2) is 0 Å². The lowest BCUT2D eigenvalue weighted by Gasteiger charge is -2.46. The molecule has 0 aromatic carbocycles. The summed E-state index contributed by atoms with van der Waals surface area (Å²) in [6.07, 6.45) is 5.12. The predicted octanol–water partition coefficient (Wildman–Crippen LogP) is 1.38. The molecule has 0 radical (unpaired) electrons. The Morgan fingerprint density at radius 2 is 2.35 bits per heavy atom. The third kappa shape index (κ3) is 2.12. The van der Waals surface area contributed by atoms with E-state index in [-0.39, 0.29) is 17.2 Å². The molecule has 6 heteroatoms. The molecule has 3 unspecified atom stereocenters. The van der Waals surface area contributed by atoms with Crippen LogP contribution >= 0.6 is 0 Å². The van der Waals surface area contributed by atoms with Crippen molar-refractivity contribution in [3.05, 3.63) is 41.9 Å². The van der Waals surface area contributed by atoms with Gasteiger partial charge in [-0.3, -0.25) is 9.48 Å². The van der Waals surface area contributed by atoms with Gasteiger partial charge in [-0.05, 0) is 43.4 Å². The SMILES string of the molecule is Cn1nccc1C12CCC(C1)C2C(=O)NCc1cccc(N)n1. The molecule has 2 heterocycles. The molecule has 5 rings (SSSR count). The van der Waals surface area contributed by atoms with Crippen LogP contribution in [0, 0.1) is 11.8 Å². The van der Waals surface area contributed by atoms with Crippen molar-refractivity contribution in [2.24, 2.45) is 18.9 Å². The molecule has 3 aliphatic rings. The van der Waals surface area contributed by atoms with Crippen LogP contribution in [0.25, 0.3) is 0 Å². The Kier molecular flexibility index (Phi) is 3.14. The number of nitrogens with zero attached hydrogens (tertiary/aromatic N) is 3. The first-order chi connectivity index (χ1) is 11.1. The number of anilines is 1. The van der Waals surface area contributed by atoms with Crippen LogP contribution in [-0.4, -0.2) is 20.7 Å². The number of aryl methyl sites for hydroxylation is 1. The highest BCUT2D eigenvalue weighted by atomic mass is 16.2. The minimum Gasteiger partial charge on any atom is -0.384 e. The van der Waals surface area contributed by atoms with Gasteiger partial charge < -0.3 is 11.1 Å². The number of nitrogens with two attached hydrogens (primary N) is 1. The maximum Gasteiger partial charge on any atom is 0.224 e. The third-order valence-electron chi connectivity index (χ3n) is 5.54. The van der Waals surface area contributed by atoms with Crippen molar-refractivity contribution in [1.82, 2.24) is 20.1 Å². The van der Waals surface area contributed by atoms with Crippen molar-refractivity contribution in [3.63, 3.8) is 0 Å². The minimum atomic E-state index is -0.0247. The summed E-state index contributed by atoms with van der Waals surface area (Å²) in [5, 5.41) is 7.34. The van der Waals surface area contributed by atoms with Gasteiger partial charge in [-0.15, -0.1) is 0 Å². The number of fused-ring (bicyclic) bond motifs is 1. The molecule has 0 aliphatic heterocycles. The maximum absolute atomic E-state index is 12.8. The van der Waals surface area contributed by atoms with Gasteiger partial charge in [0.2, 0.25) is 5.91 Å². The van der Waals surface area contributed by atoms with E-state index in [4.69, 9.17) is 5.73 Å². The van der Waals surface area contributed by atoms with Gasteiger partial charge >= 0.3 is 0 Å². The van der Waals surface area contributed by atoms with Gasteiger partial charge in [-0.1, -0.05) is 6.07 Å². The average molecular weight is 311 g/mol. The van der Waals surface area contributed by atoms with E-state index < -0.39 is 0 Å². The van der Waals surface area contributed by atoms with Crippen LogP contribution in [0.1, 0.15) is 30.7 Å². The van der Waals surface area contributed by atoms with Crippen LogP contribution in [0.15, 0.2) is 30.5 Å². The van der Waals surface area contributed by atoms with Crippen LogP contribution < -0.4 is 11.1 Å². The molecule has 2 aromatic heterocycles. The summed E-state index contributed by atoms with van der Waals surface area (Å²) in [7, 11) is 1.96. The van der Waals surface area contributed by atoms with E-state index in [1.165, 1.54) is 5.69 Å². The molecule has 3 N–H and O–H groups in total. The predicted molar refractivity (Wildman–Crippen MR) is 86.2 cm³/mol. The number of aromatic nitrogens is 3. The quantitative estimate of drug-likeness (QED) is 0.893. The molecule has 0 spiro atoms. The number of rotatable bonds is 4. The van der Waals surface area contributed by atoms with E-state index in [1.54, 1.807) is 6.07 Å². The zero-order valence-electron chi connectivity index (χ0n) is 13.2. The lowest BCUT2D eigenvalue weighted by molar-refractivity contribution is -0.133. The number of carbonyl (C=O) groups excluding carboxylic acids is 1. The fourth-order valence-corrected chi connectivity index (χ4v) is 4.58. The summed E-state index contributed by atoms with van der Waals surface area (Å²) in [5.41, 5.74) is 7.64. The summed E-state index contributed by atoms with van der Waals surface area (Å²) in [6, 6.07) is 7.53. The zero-order chi connectivity index (χ0) is 16.0. The van der Waals surface area contributed by atoms with Gasteiger partial charge in [0.05, 0.1) is 18.2 Å². The minimum absolute atomic E-state index is 0.0247. The van der Waals surface area contributed by atoms with E-state index in [2.05, 4.69) is 21.5 Å². The molecular weight excluding hydrogens is 290 g/mol. The summed E-state index contributed by atoms with van der Waals surface area (Å²) < 4.78 is 1.92. The van der Waals surface area contributed by atoms with Gasteiger partial charge in [0, 0.05) is 24.4 Å². The summed E-state index contributed by atoms with van der Waals surface area (Å²) in [5.74, 6) is 1.16. The van der Waals surface area contributed by atoms with Crippen molar-refractivity contribution in [3.8, 4) is 0 Å². The topological polar surface area (TPSA) is 85.8 Å². The largest absolute Gasteiger partial charge is 0.384 e. The van der Waals surface area contributed by atoms with Crippen LogP contribution in [0.5, 0.6) is 0 Å². The lowest BCUT2D eigenvalue weighted by Crippen LogP contribution is -2.53. The van der Waals surface area contributed by atoms with Crippen molar-refractivity contribution in [1.29, 1.82) is 0 Å². The lowest BCUT2D eigenvalue weighted by atomic mass is 9.58. The Morgan fingerprint density at radius 3 is 3.04 bits per heavy atom. The van der Waals surface area contributed by atoms with E-state index in [1.807, 2.05) is 30.1 Å². The third-order valence-corrected chi connectivity index (χ3v) is 5.54. The highest BCUT2D eigenvalue weighted by molar-refractivity contribution is 5.82. The monoisotopic (exact) mass is 311 g/mol. The molecule has 3 aliphatic carbocycles. The first kappa shape index (κ1) is 14.2. The van der Waals surface area contributed by atoms with Crippen molar-refractivity contribution >= 4 is 11.7 Å². The number of amides is 1. The Morgan fingerprint density at radius 1 is 1.48 bits per heavy atom. The number of nitrogen functional groups attached to an aromatic ring is 1. The fraction of sp³-hybridized carbons (Fsp3) is 0.471.